The number of nitrogens with zero attached hydrogens (tertiary/aromatic N) is 2. The molecule has 0 aliphatic carbocycles. The number of carbonyl (C=O) groups excluding carboxylic acids is 3. The summed E-state index contributed by atoms with van der Waals surface area (Å²) in [5.74, 6) is -0.382. The quantitative estimate of drug-likeness (QED) is 0.555. The molecule has 0 radical (unpaired) electrons. The molecule has 2 aromatic heterocycles. The molecule has 2 rings (SSSR count). The van der Waals surface area contributed by atoms with Gasteiger partial charge in [-0.2, -0.15) is 0 Å². The minimum Gasteiger partial charge on any atom is -0.383 e. The highest BCUT2D eigenvalue weighted by Gasteiger charge is 2.19. The highest BCUT2D eigenvalue weighted by Crippen LogP contribution is 2.13. The summed E-state index contributed by atoms with van der Waals surface area (Å²) in [6.45, 7) is 1.04. The van der Waals surface area contributed by atoms with E-state index in [-0.39, 0.29) is 37.1 Å². The molecule has 0 atom stereocenters. The van der Waals surface area contributed by atoms with Crippen LogP contribution in [0.2, 0.25) is 0 Å². The van der Waals surface area contributed by atoms with Crippen molar-refractivity contribution < 1.29 is 19.1 Å². The molecule has 150 valence electrons. The van der Waals surface area contributed by atoms with Gasteiger partial charge in [0.05, 0.1) is 19.7 Å². The van der Waals surface area contributed by atoms with Crippen LogP contribution >= 0.6 is 11.3 Å². The Morgan fingerprint density at radius 3 is 2.68 bits per heavy atom. The lowest BCUT2D eigenvalue weighted by atomic mass is 10.2. The van der Waals surface area contributed by atoms with Crippen molar-refractivity contribution in [2.45, 2.75) is 19.4 Å². The van der Waals surface area contributed by atoms with E-state index in [0.717, 1.165) is 4.88 Å². The second kappa shape index (κ2) is 11.8. The van der Waals surface area contributed by atoms with Gasteiger partial charge in [-0.05, 0) is 23.6 Å². The van der Waals surface area contributed by atoms with Gasteiger partial charge in [-0.25, -0.2) is 4.98 Å². The average Bonchev–Trinajstić information content (AvgIpc) is 3.20. The van der Waals surface area contributed by atoms with E-state index in [9.17, 15) is 14.4 Å². The monoisotopic (exact) mass is 404 g/mol. The zero-order valence-electron chi connectivity index (χ0n) is 15.7. The third-order valence-electron chi connectivity index (χ3n) is 3.74. The molecule has 0 bridgehead atoms. The molecule has 0 unspecified atom stereocenters. The standard InChI is InChI=1S/C19H24N4O4S/c1-27-11-10-21-18(25)14-23(13-15-5-4-12-28-15)19(26)8-7-17(24)22-16-6-2-3-9-20-16/h2-6,9,12H,7-8,10-11,13-14H2,1H3,(H,21,25)(H,20,22,24). The van der Waals surface area contributed by atoms with Crippen LogP contribution in [0.25, 0.3) is 0 Å². The van der Waals surface area contributed by atoms with Gasteiger partial charge in [0.15, 0.2) is 0 Å². The second-order valence-corrected chi connectivity index (χ2v) is 6.97. The number of hydrogen-bond donors (Lipinski definition) is 2. The topological polar surface area (TPSA) is 101 Å². The molecule has 0 aliphatic heterocycles. The van der Waals surface area contributed by atoms with E-state index in [4.69, 9.17) is 4.74 Å². The summed E-state index contributed by atoms with van der Waals surface area (Å²) in [5, 5.41) is 7.26. The molecule has 8 nitrogen and oxygen atoms in total. The molecule has 0 spiro atoms. The minimum atomic E-state index is -0.298. The first-order chi connectivity index (χ1) is 13.6. The highest BCUT2D eigenvalue weighted by atomic mass is 32.1. The number of thiophene rings is 1. The van der Waals surface area contributed by atoms with E-state index in [1.807, 2.05) is 17.5 Å². The number of nitrogens with one attached hydrogen (secondary N) is 2. The number of anilines is 1. The summed E-state index contributed by atoms with van der Waals surface area (Å²) in [5.41, 5.74) is 0. The van der Waals surface area contributed by atoms with Crippen molar-refractivity contribution in [2.24, 2.45) is 0 Å². The Bertz CT molecular complexity index is 753. The van der Waals surface area contributed by atoms with Crippen LogP contribution < -0.4 is 10.6 Å². The molecular formula is C19H24N4O4S. The third-order valence-corrected chi connectivity index (χ3v) is 4.60. The van der Waals surface area contributed by atoms with Gasteiger partial charge >= 0.3 is 0 Å². The number of amides is 3. The van der Waals surface area contributed by atoms with E-state index in [2.05, 4.69) is 15.6 Å². The predicted octanol–water partition coefficient (Wildman–Crippen LogP) is 1.65. The molecule has 0 saturated heterocycles. The SMILES string of the molecule is COCCNC(=O)CN(Cc1cccs1)C(=O)CCC(=O)Nc1ccccn1. The summed E-state index contributed by atoms with van der Waals surface area (Å²) in [6, 6.07) is 8.98. The van der Waals surface area contributed by atoms with Gasteiger partial charge in [-0.15, -0.1) is 11.3 Å². The number of pyridine rings is 1. The average molecular weight is 404 g/mol. The maximum atomic E-state index is 12.6. The normalized spacial score (nSPS) is 10.3. The number of methoxy groups -OCH3 is 1. The molecular weight excluding hydrogens is 380 g/mol. The second-order valence-electron chi connectivity index (χ2n) is 5.94. The maximum Gasteiger partial charge on any atom is 0.239 e. The Hall–Kier alpha value is -2.78. The lowest BCUT2D eigenvalue weighted by Crippen LogP contribution is -2.41. The van der Waals surface area contributed by atoms with Crippen molar-refractivity contribution in [3.63, 3.8) is 0 Å². The van der Waals surface area contributed by atoms with Crippen LogP contribution in [-0.2, 0) is 25.7 Å². The third kappa shape index (κ3) is 7.85. The van der Waals surface area contributed by atoms with Crippen LogP contribution in [-0.4, -0.2) is 54.4 Å². The van der Waals surface area contributed by atoms with Gasteiger partial charge in [-0.1, -0.05) is 12.1 Å². The van der Waals surface area contributed by atoms with Crippen molar-refractivity contribution in [3.05, 3.63) is 46.8 Å². The van der Waals surface area contributed by atoms with Crippen LogP contribution in [0, 0.1) is 0 Å². The van der Waals surface area contributed by atoms with Crippen LogP contribution in [0.15, 0.2) is 41.9 Å². The lowest BCUT2D eigenvalue weighted by molar-refractivity contribution is -0.137. The van der Waals surface area contributed by atoms with Gasteiger partial charge in [0.25, 0.3) is 0 Å². The van der Waals surface area contributed by atoms with Gasteiger partial charge in [-0.3, -0.25) is 14.4 Å². The van der Waals surface area contributed by atoms with Crippen molar-refractivity contribution in [1.29, 1.82) is 0 Å². The number of carbonyl (C=O) groups is 3. The van der Waals surface area contributed by atoms with Crippen molar-refractivity contribution in [3.8, 4) is 0 Å². The Morgan fingerprint density at radius 1 is 1.14 bits per heavy atom. The Labute approximate surface area is 167 Å². The Kier molecular flexibility index (Phi) is 9.09. The van der Waals surface area contributed by atoms with Crippen LogP contribution in [0.5, 0.6) is 0 Å². The maximum absolute atomic E-state index is 12.6. The summed E-state index contributed by atoms with van der Waals surface area (Å²) in [7, 11) is 1.55. The predicted molar refractivity (Wildman–Crippen MR) is 107 cm³/mol. The summed E-state index contributed by atoms with van der Waals surface area (Å²) < 4.78 is 4.90. The van der Waals surface area contributed by atoms with Crippen LogP contribution in [0.3, 0.4) is 0 Å². The molecule has 0 saturated carbocycles. The summed E-state index contributed by atoms with van der Waals surface area (Å²) in [4.78, 5) is 43.2. The minimum absolute atomic E-state index is 0.00932. The van der Waals surface area contributed by atoms with E-state index >= 15 is 0 Å². The van der Waals surface area contributed by atoms with Crippen molar-refractivity contribution in [1.82, 2.24) is 15.2 Å². The Balaban J connectivity index is 1.88. The largest absolute Gasteiger partial charge is 0.383 e. The lowest BCUT2D eigenvalue weighted by Gasteiger charge is -2.21. The summed E-state index contributed by atoms with van der Waals surface area (Å²) in [6.07, 6.45) is 1.60. The molecule has 2 N–H and O–H groups in total. The van der Waals surface area contributed by atoms with Gasteiger partial charge < -0.3 is 20.3 Å². The van der Waals surface area contributed by atoms with E-state index in [1.165, 1.54) is 16.2 Å². The van der Waals surface area contributed by atoms with Gasteiger partial charge in [0.1, 0.15) is 5.82 Å². The fraction of sp³-hybridized carbons (Fsp3) is 0.368. The molecule has 0 aromatic carbocycles. The van der Waals surface area contributed by atoms with Crippen LogP contribution in [0.4, 0.5) is 5.82 Å². The zero-order chi connectivity index (χ0) is 20.2. The zero-order valence-corrected chi connectivity index (χ0v) is 16.5. The van der Waals surface area contributed by atoms with Gasteiger partial charge in [0.2, 0.25) is 17.7 Å². The fourth-order valence-corrected chi connectivity index (χ4v) is 3.08. The molecule has 28 heavy (non-hydrogen) atoms. The first kappa shape index (κ1) is 21.5. The van der Waals surface area contributed by atoms with Gasteiger partial charge in [0, 0.05) is 37.6 Å². The molecule has 0 aliphatic rings. The fourth-order valence-electron chi connectivity index (χ4n) is 2.37. The number of ether oxygens (including phenoxy) is 1. The van der Waals surface area contributed by atoms with E-state index < -0.39 is 0 Å². The first-order valence-corrected chi connectivity index (χ1v) is 9.73. The van der Waals surface area contributed by atoms with Crippen LogP contribution in [0.1, 0.15) is 17.7 Å². The molecule has 2 aromatic rings. The Morgan fingerprint density at radius 2 is 2.00 bits per heavy atom. The molecule has 3 amide bonds. The molecule has 2 heterocycles. The smallest absolute Gasteiger partial charge is 0.239 e. The van der Waals surface area contributed by atoms with Crippen molar-refractivity contribution >= 4 is 34.9 Å². The molecule has 9 heteroatoms. The summed E-state index contributed by atoms with van der Waals surface area (Å²) >= 11 is 1.51. The highest BCUT2D eigenvalue weighted by molar-refractivity contribution is 7.09. The number of rotatable bonds is 11. The number of hydrogen-bond acceptors (Lipinski definition) is 6. The first-order valence-electron chi connectivity index (χ1n) is 8.85. The number of aromatic nitrogens is 1. The van der Waals surface area contributed by atoms with E-state index in [1.54, 1.807) is 31.5 Å². The molecule has 0 fully saturated rings. The van der Waals surface area contributed by atoms with Crippen molar-refractivity contribution in [2.75, 3.05) is 32.1 Å². The van der Waals surface area contributed by atoms with E-state index in [0.29, 0.717) is 25.5 Å².